The first kappa shape index (κ1) is 13.8. The van der Waals surface area contributed by atoms with E-state index in [2.05, 4.69) is 16.0 Å². The molecule has 23 heavy (non-hydrogen) atoms. The van der Waals surface area contributed by atoms with Crippen LogP contribution in [0.15, 0.2) is 17.1 Å². The van der Waals surface area contributed by atoms with Crippen molar-refractivity contribution in [2.24, 2.45) is 4.99 Å². The number of likely N-dealkylation sites (tertiary alicyclic amines) is 1. The molecule has 2 aliphatic heterocycles. The molecule has 4 rings (SSSR count). The monoisotopic (exact) mass is 315 g/mol. The summed E-state index contributed by atoms with van der Waals surface area (Å²) in [6.45, 7) is 4.25. The molecule has 2 fully saturated rings. The van der Waals surface area contributed by atoms with Gasteiger partial charge in [0.05, 0.1) is 20.8 Å². The van der Waals surface area contributed by atoms with Crippen LogP contribution in [0.1, 0.15) is 45.5 Å². The number of fused-ring (bicyclic) bond motifs is 2. The summed E-state index contributed by atoms with van der Waals surface area (Å²) in [6.07, 6.45) is 7.43. The van der Waals surface area contributed by atoms with Crippen LogP contribution in [-0.4, -0.2) is 44.4 Å². The lowest BCUT2D eigenvalue weighted by atomic mass is 9.66. The number of aliphatic imine (C=N–C) groups is 1. The molecule has 0 amide bonds. The maximum atomic E-state index is 8.25. The summed E-state index contributed by atoms with van der Waals surface area (Å²) >= 11 is 0. The zero-order valence-corrected chi connectivity index (χ0v) is 13.9. The Balaban J connectivity index is 1.44. The van der Waals surface area contributed by atoms with Crippen molar-refractivity contribution in [2.45, 2.75) is 43.9 Å². The summed E-state index contributed by atoms with van der Waals surface area (Å²) in [5, 5.41) is 0. The lowest BCUT2D eigenvalue weighted by Gasteiger charge is -2.36. The zero-order valence-electron chi connectivity index (χ0n) is 14.9. The Kier molecular flexibility index (Phi) is 3.71. The highest BCUT2D eigenvalue weighted by Crippen LogP contribution is 2.52. The van der Waals surface area contributed by atoms with E-state index < -0.39 is 0 Å². The van der Waals surface area contributed by atoms with Crippen LogP contribution >= 0.6 is 0 Å². The van der Waals surface area contributed by atoms with E-state index in [9.17, 15) is 0 Å². The van der Waals surface area contributed by atoms with Gasteiger partial charge in [-0.05, 0) is 56.8 Å². The van der Waals surface area contributed by atoms with Crippen molar-refractivity contribution >= 4 is 11.9 Å². The summed E-state index contributed by atoms with van der Waals surface area (Å²) in [5.74, 6) is 1.52. The largest absolute Gasteiger partial charge is 0.493 e. The highest BCUT2D eigenvalue weighted by Gasteiger charge is 2.42. The Morgan fingerprint density at radius 2 is 2.04 bits per heavy atom. The maximum Gasteiger partial charge on any atom is 0.163 e. The predicted molar refractivity (Wildman–Crippen MR) is 92.5 cm³/mol. The topological polar surface area (TPSA) is 34.1 Å². The quantitative estimate of drug-likeness (QED) is 0.751. The molecule has 1 saturated heterocycles. The third-order valence-corrected chi connectivity index (χ3v) is 5.47. The Morgan fingerprint density at radius 3 is 2.74 bits per heavy atom. The molecular formula is C19H26N2O2. The number of methoxy groups -OCH3 is 1. The van der Waals surface area contributed by atoms with Gasteiger partial charge in [0.1, 0.15) is 0 Å². The summed E-state index contributed by atoms with van der Waals surface area (Å²) in [4.78, 5) is 6.99. The lowest BCUT2D eigenvalue weighted by Crippen LogP contribution is -2.33. The van der Waals surface area contributed by atoms with Gasteiger partial charge in [-0.25, -0.2) is 0 Å². The zero-order chi connectivity index (χ0) is 16.6. The predicted octanol–water partition coefficient (Wildman–Crippen LogP) is 3.70. The molecule has 2 heterocycles. The van der Waals surface area contributed by atoms with E-state index in [1.807, 2.05) is 6.07 Å². The first-order chi connectivity index (χ1) is 11.7. The molecule has 1 aliphatic carbocycles. The van der Waals surface area contributed by atoms with Gasteiger partial charge in [-0.2, -0.15) is 0 Å². The first-order valence-electron chi connectivity index (χ1n) is 9.36. The third kappa shape index (κ3) is 2.74. The van der Waals surface area contributed by atoms with Crippen LogP contribution in [0.5, 0.6) is 11.5 Å². The molecular weight excluding hydrogens is 288 g/mol. The number of ether oxygens (including phenoxy) is 2. The van der Waals surface area contributed by atoms with Crippen LogP contribution in [0.3, 0.4) is 0 Å². The van der Waals surface area contributed by atoms with Gasteiger partial charge in [-0.1, -0.05) is 6.42 Å². The molecule has 4 heteroatoms. The van der Waals surface area contributed by atoms with Gasteiger partial charge in [0, 0.05) is 24.2 Å². The molecule has 3 aliphatic rings. The third-order valence-electron chi connectivity index (χ3n) is 5.47. The summed E-state index contributed by atoms with van der Waals surface area (Å²) < 4.78 is 19.8. The highest BCUT2D eigenvalue weighted by molar-refractivity contribution is 5.87. The van der Waals surface area contributed by atoms with E-state index in [0.717, 1.165) is 48.6 Å². The number of hydrogen-bond acceptors (Lipinski definition) is 4. The van der Waals surface area contributed by atoms with Crippen molar-refractivity contribution in [3.05, 3.63) is 17.7 Å². The minimum atomic E-state index is -0.142. The Hall–Kier alpha value is -1.55. The van der Waals surface area contributed by atoms with Crippen molar-refractivity contribution in [1.82, 2.24) is 4.90 Å². The molecule has 0 atom stereocenters. The molecule has 4 nitrogen and oxygen atoms in total. The van der Waals surface area contributed by atoms with E-state index in [1.165, 1.54) is 32.4 Å². The van der Waals surface area contributed by atoms with Gasteiger partial charge in [-0.15, -0.1) is 0 Å². The summed E-state index contributed by atoms with van der Waals surface area (Å²) in [5.41, 5.74) is 1.91. The normalized spacial score (nSPS) is 22.5. The van der Waals surface area contributed by atoms with Crippen molar-refractivity contribution in [3.8, 4) is 11.5 Å². The minimum absolute atomic E-state index is 0.142. The van der Waals surface area contributed by atoms with Crippen molar-refractivity contribution in [3.63, 3.8) is 0 Å². The Bertz CT molecular complexity index is 649. The molecule has 0 aromatic heterocycles. The van der Waals surface area contributed by atoms with Gasteiger partial charge in [0.25, 0.3) is 0 Å². The standard InChI is InChI=1S/C19H26N2O2/c1-22-17-12-15-16(20-14-19(15)6-4-7-19)13-18(17)23-11-5-10-21-8-2-3-9-21/h12-14H,2-11H2,1H3/i14D. The fourth-order valence-electron chi connectivity index (χ4n) is 3.91. The number of rotatable bonds is 6. The van der Waals surface area contributed by atoms with E-state index in [1.54, 1.807) is 7.11 Å². The molecule has 0 radical (unpaired) electrons. The molecule has 1 spiro atoms. The van der Waals surface area contributed by atoms with Crippen LogP contribution in [0.2, 0.25) is 0 Å². The fourth-order valence-corrected chi connectivity index (χ4v) is 3.91. The molecule has 0 bridgehead atoms. The lowest BCUT2D eigenvalue weighted by molar-refractivity contribution is 0.254. The van der Waals surface area contributed by atoms with Gasteiger partial charge >= 0.3 is 0 Å². The smallest absolute Gasteiger partial charge is 0.163 e. The second-order valence-corrected chi connectivity index (χ2v) is 6.93. The van der Waals surface area contributed by atoms with Gasteiger partial charge in [0.2, 0.25) is 0 Å². The Labute approximate surface area is 139 Å². The van der Waals surface area contributed by atoms with Gasteiger partial charge in [-0.3, -0.25) is 4.99 Å². The van der Waals surface area contributed by atoms with E-state index in [4.69, 9.17) is 10.8 Å². The second kappa shape index (κ2) is 6.16. The van der Waals surface area contributed by atoms with Gasteiger partial charge in [0.15, 0.2) is 11.5 Å². The second-order valence-electron chi connectivity index (χ2n) is 6.93. The van der Waals surface area contributed by atoms with Gasteiger partial charge < -0.3 is 14.4 Å². The van der Waals surface area contributed by atoms with Crippen LogP contribution in [0.4, 0.5) is 5.69 Å². The van der Waals surface area contributed by atoms with Crippen molar-refractivity contribution < 1.29 is 10.8 Å². The summed E-state index contributed by atoms with van der Waals surface area (Å²) in [6, 6.07) is 4.01. The average molecular weight is 315 g/mol. The number of benzene rings is 1. The van der Waals surface area contributed by atoms with Crippen LogP contribution < -0.4 is 9.47 Å². The SMILES string of the molecule is [2H]C1=Nc2cc(OCCCN3CCCC3)c(OC)cc2C12CCC2. The molecule has 1 saturated carbocycles. The molecule has 1 aromatic rings. The van der Waals surface area contributed by atoms with Crippen molar-refractivity contribution in [2.75, 3.05) is 33.4 Å². The van der Waals surface area contributed by atoms with Crippen LogP contribution in [0.25, 0.3) is 0 Å². The fraction of sp³-hybridized carbons (Fsp3) is 0.632. The highest BCUT2D eigenvalue weighted by atomic mass is 16.5. The molecule has 124 valence electrons. The maximum absolute atomic E-state index is 8.25. The molecule has 1 aromatic carbocycles. The molecule has 0 N–H and O–H groups in total. The van der Waals surface area contributed by atoms with Crippen molar-refractivity contribution in [1.29, 1.82) is 0 Å². The summed E-state index contributed by atoms with van der Waals surface area (Å²) in [7, 11) is 1.68. The first-order valence-corrected chi connectivity index (χ1v) is 8.86. The molecule has 0 unspecified atom stereocenters. The Morgan fingerprint density at radius 1 is 1.22 bits per heavy atom. The van der Waals surface area contributed by atoms with Crippen LogP contribution in [-0.2, 0) is 5.41 Å². The number of hydrogen-bond donors (Lipinski definition) is 0. The van der Waals surface area contributed by atoms with E-state index in [0.29, 0.717) is 12.8 Å². The van der Waals surface area contributed by atoms with E-state index in [-0.39, 0.29) is 5.41 Å². The van der Waals surface area contributed by atoms with E-state index >= 15 is 0 Å². The number of nitrogens with zero attached hydrogens (tertiary/aromatic N) is 2. The van der Waals surface area contributed by atoms with Crippen LogP contribution in [0, 0.1) is 0 Å². The average Bonchev–Trinajstić information content (AvgIpc) is 3.14. The minimum Gasteiger partial charge on any atom is -0.493 e.